The second kappa shape index (κ2) is 9.05. The van der Waals surface area contributed by atoms with Crippen molar-refractivity contribution in [1.82, 2.24) is 9.21 Å². The smallest absolute Gasteiger partial charge is 0.255 e. The van der Waals surface area contributed by atoms with E-state index in [1.54, 1.807) is 41.6 Å². The lowest BCUT2D eigenvalue weighted by atomic mass is 10.1. The number of rotatable bonds is 6. The third-order valence-electron chi connectivity index (χ3n) is 4.77. The van der Waals surface area contributed by atoms with E-state index in [9.17, 15) is 13.2 Å². The molecule has 0 bridgehead atoms. The van der Waals surface area contributed by atoms with Crippen LogP contribution in [0.1, 0.15) is 22.8 Å². The molecule has 0 unspecified atom stereocenters. The summed E-state index contributed by atoms with van der Waals surface area (Å²) in [7, 11) is -3.12. The number of nitrogens with zero attached hydrogens (tertiary/aromatic N) is 2. The third kappa shape index (κ3) is 5.32. The largest absolute Gasteiger partial charge is 0.322 e. The molecule has 0 saturated carbocycles. The number of piperazine rings is 1. The molecular formula is C20H24ClN3O3S. The van der Waals surface area contributed by atoms with Crippen molar-refractivity contribution in [3.63, 3.8) is 0 Å². The summed E-state index contributed by atoms with van der Waals surface area (Å²) < 4.78 is 25.5. The number of anilines is 1. The Morgan fingerprint density at radius 2 is 1.79 bits per heavy atom. The van der Waals surface area contributed by atoms with Crippen LogP contribution in [0.2, 0.25) is 5.02 Å². The summed E-state index contributed by atoms with van der Waals surface area (Å²) in [6.45, 7) is 4.71. The quantitative estimate of drug-likeness (QED) is 0.778. The molecule has 1 amide bonds. The zero-order valence-corrected chi connectivity index (χ0v) is 17.3. The fourth-order valence-corrected chi connectivity index (χ4v) is 4.46. The van der Waals surface area contributed by atoms with Gasteiger partial charge in [-0.3, -0.25) is 9.69 Å². The van der Waals surface area contributed by atoms with Crippen molar-refractivity contribution in [2.45, 2.75) is 13.5 Å². The van der Waals surface area contributed by atoms with Gasteiger partial charge in [0.05, 0.1) is 5.75 Å². The van der Waals surface area contributed by atoms with Crippen LogP contribution in [0, 0.1) is 0 Å². The molecule has 0 atom stereocenters. The monoisotopic (exact) mass is 421 g/mol. The molecule has 1 N–H and O–H groups in total. The fourth-order valence-electron chi connectivity index (χ4n) is 3.19. The highest BCUT2D eigenvalue weighted by Crippen LogP contribution is 2.17. The molecule has 0 aliphatic carbocycles. The number of sulfonamides is 1. The van der Waals surface area contributed by atoms with Gasteiger partial charge in [0, 0.05) is 49.0 Å². The minimum atomic E-state index is -3.12. The Morgan fingerprint density at radius 3 is 2.46 bits per heavy atom. The van der Waals surface area contributed by atoms with Gasteiger partial charge in [0.1, 0.15) is 0 Å². The number of halogens is 1. The SMILES string of the molecule is CCS(=O)(=O)N1CCN(Cc2cccc(C(=O)Nc3cccc(Cl)c3)c2)CC1. The van der Waals surface area contributed by atoms with E-state index >= 15 is 0 Å². The normalized spacial score (nSPS) is 16.1. The Balaban J connectivity index is 1.60. The first-order chi connectivity index (χ1) is 13.4. The van der Waals surface area contributed by atoms with Gasteiger partial charge >= 0.3 is 0 Å². The van der Waals surface area contributed by atoms with Crippen LogP contribution in [-0.2, 0) is 16.6 Å². The van der Waals surface area contributed by atoms with E-state index in [2.05, 4.69) is 10.2 Å². The van der Waals surface area contributed by atoms with Crippen LogP contribution in [0.25, 0.3) is 0 Å². The summed E-state index contributed by atoms with van der Waals surface area (Å²) in [4.78, 5) is 14.7. The van der Waals surface area contributed by atoms with Gasteiger partial charge in [-0.25, -0.2) is 8.42 Å². The Morgan fingerprint density at radius 1 is 1.07 bits per heavy atom. The van der Waals surface area contributed by atoms with E-state index in [1.165, 1.54) is 0 Å². The average molecular weight is 422 g/mol. The second-order valence-electron chi connectivity index (χ2n) is 6.74. The number of carbonyl (C=O) groups is 1. The Hall–Kier alpha value is -1.93. The Kier molecular flexibility index (Phi) is 6.72. The van der Waals surface area contributed by atoms with Gasteiger partial charge < -0.3 is 5.32 Å². The predicted octanol–water partition coefficient (Wildman–Crippen LogP) is 3.06. The summed E-state index contributed by atoms with van der Waals surface area (Å²) in [6, 6.07) is 14.5. The maximum atomic E-state index is 12.5. The fraction of sp³-hybridized carbons (Fsp3) is 0.350. The molecule has 1 saturated heterocycles. The van der Waals surface area contributed by atoms with E-state index in [-0.39, 0.29) is 11.7 Å². The van der Waals surface area contributed by atoms with Crippen molar-refractivity contribution >= 4 is 33.2 Å². The molecule has 1 heterocycles. The molecular weight excluding hydrogens is 398 g/mol. The van der Waals surface area contributed by atoms with Gasteiger partial charge in [-0.1, -0.05) is 29.8 Å². The van der Waals surface area contributed by atoms with Gasteiger partial charge in [0.25, 0.3) is 5.91 Å². The van der Waals surface area contributed by atoms with E-state index < -0.39 is 10.0 Å². The van der Waals surface area contributed by atoms with E-state index in [0.717, 1.165) is 5.56 Å². The second-order valence-corrected chi connectivity index (χ2v) is 9.43. The topological polar surface area (TPSA) is 69.7 Å². The summed E-state index contributed by atoms with van der Waals surface area (Å²) in [5, 5.41) is 3.41. The highest BCUT2D eigenvalue weighted by atomic mass is 35.5. The number of benzene rings is 2. The van der Waals surface area contributed by atoms with Crippen molar-refractivity contribution < 1.29 is 13.2 Å². The van der Waals surface area contributed by atoms with Crippen LogP contribution >= 0.6 is 11.6 Å². The molecule has 0 spiro atoms. The number of carbonyl (C=O) groups excluding carboxylic acids is 1. The van der Waals surface area contributed by atoms with Gasteiger partial charge in [-0.2, -0.15) is 4.31 Å². The van der Waals surface area contributed by atoms with E-state index in [4.69, 9.17) is 11.6 Å². The maximum absolute atomic E-state index is 12.5. The molecule has 1 aliphatic rings. The molecule has 1 aliphatic heterocycles. The van der Waals surface area contributed by atoms with Crippen LogP contribution in [-0.4, -0.2) is 55.5 Å². The third-order valence-corrected chi connectivity index (χ3v) is 6.88. The number of hydrogen-bond acceptors (Lipinski definition) is 4. The van der Waals surface area contributed by atoms with Crippen LogP contribution in [0.5, 0.6) is 0 Å². The van der Waals surface area contributed by atoms with Crippen molar-refractivity contribution in [1.29, 1.82) is 0 Å². The minimum absolute atomic E-state index is 0.136. The Labute approximate surface area is 171 Å². The van der Waals surface area contributed by atoms with Crippen LogP contribution < -0.4 is 5.32 Å². The first-order valence-electron chi connectivity index (χ1n) is 9.23. The highest BCUT2D eigenvalue weighted by Gasteiger charge is 2.25. The van der Waals surface area contributed by atoms with Crippen molar-refractivity contribution in [3.8, 4) is 0 Å². The van der Waals surface area contributed by atoms with Crippen molar-refractivity contribution in [3.05, 3.63) is 64.7 Å². The Bertz CT molecular complexity index is 941. The molecule has 2 aromatic carbocycles. The number of hydrogen-bond donors (Lipinski definition) is 1. The van der Waals surface area contributed by atoms with Crippen LogP contribution in [0.3, 0.4) is 0 Å². The van der Waals surface area contributed by atoms with Crippen LogP contribution in [0.15, 0.2) is 48.5 Å². The highest BCUT2D eigenvalue weighted by molar-refractivity contribution is 7.89. The lowest BCUT2D eigenvalue weighted by molar-refractivity contribution is 0.102. The molecule has 6 nitrogen and oxygen atoms in total. The van der Waals surface area contributed by atoms with Crippen molar-refractivity contribution in [2.24, 2.45) is 0 Å². The minimum Gasteiger partial charge on any atom is -0.322 e. The molecule has 8 heteroatoms. The lowest BCUT2D eigenvalue weighted by Crippen LogP contribution is -2.48. The summed E-state index contributed by atoms with van der Waals surface area (Å²) in [6.07, 6.45) is 0. The maximum Gasteiger partial charge on any atom is 0.255 e. The average Bonchev–Trinajstić information content (AvgIpc) is 2.68. The molecule has 3 rings (SSSR count). The molecule has 0 radical (unpaired) electrons. The zero-order chi connectivity index (χ0) is 20.1. The first kappa shape index (κ1) is 20.8. The zero-order valence-electron chi connectivity index (χ0n) is 15.8. The summed E-state index contributed by atoms with van der Waals surface area (Å²) >= 11 is 5.96. The molecule has 0 aromatic heterocycles. The molecule has 28 heavy (non-hydrogen) atoms. The van der Waals surface area contributed by atoms with Gasteiger partial charge in [-0.15, -0.1) is 0 Å². The van der Waals surface area contributed by atoms with Crippen molar-refractivity contribution in [2.75, 3.05) is 37.2 Å². The van der Waals surface area contributed by atoms with E-state index in [1.807, 2.05) is 18.2 Å². The lowest BCUT2D eigenvalue weighted by Gasteiger charge is -2.33. The van der Waals surface area contributed by atoms with Crippen LogP contribution in [0.4, 0.5) is 5.69 Å². The molecule has 2 aromatic rings. The van der Waals surface area contributed by atoms with E-state index in [0.29, 0.717) is 49.0 Å². The van der Waals surface area contributed by atoms with Gasteiger partial charge in [0.2, 0.25) is 10.0 Å². The number of nitrogens with one attached hydrogen (secondary N) is 1. The first-order valence-corrected chi connectivity index (χ1v) is 11.2. The van der Waals surface area contributed by atoms with Gasteiger partial charge in [0.15, 0.2) is 0 Å². The van der Waals surface area contributed by atoms with Gasteiger partial charge in [-0.05, 0) is 42.8 Å². The molecule has 150 valence electrons. The summed E-state index contributed by atoms with van der Waals surface area (Å²) in [5.41, 5.74) is 2.24. The molecule has 1 fully saturated rings. The number of amides is 1. The summed E-state index contributed by atoms with van der Waals surface area (Å²) in [5.74, 6) is -0.0560. The standard InChI is InChI=1S/C20H24ClN3O3S/c1-2-28(26,27)24-11-9-23(10-12-24)15-16-5-3-6-17(13-16)20(25)22-19-8-4-7-18(21)14-19/h3-8,13-14H,2,9-12,15H2,1H3,(H,22,25). The predicted molar refractivity (Wildman–Crippen MR) is 112 cm³/mol.